The van der Waals surface area contributed by atoms with E-state index in [4.69, 9.17) is 0 Å². The molecule has 2 rings (SSSR count). The Kier molecular flexibility index (Phi) is 6.61. The number of hydrogen-bond donors (Lipinski definition) is 3. The molecule has 0 aliphatic rings. The van der Waals surface area contributed by atoms with Crippen LogP contribution in [0.4, 0.5) is 21.5 Å². The minimum atomic E-state index is -0.575. The summed E-state index contributed by atoms with van der Waals surface area (Å²) in [6.45, 7) is 4.18. The summed E-state index contributed by atoms with van der Waals surface area (Å²) in [6.07, 6.45) is 3.10. The molecule has 0 unspecified atom stereocenters. The Morgan fingerprint density at radius 2 is 2.08 bits per heavy atom. The van der Waals surface area contributed by atoms with E-state index in [9.17, 15) is 19.7 Å². The Bertz CT molecular complexity index is 821. The van der Waals surface area contributed by atoms with Gasteiger partial charge < -0.3 is 10.6 Å². The van der Waals surface area contributed by atoms with Crippen molar-refractivity contribution in [1.82, 2.24) is 4.98 Å². The molecule has 0 bridgehead atoms. The molecule has 2 amide bonds. The lowest BCUT2D eigenvalue weighted by Crippen LogP contribution is -2.17. The van der Waals surface area contributed by atoms with Gasteiger partial charge in [0.2, 0.25) is 5.91 Å². The lowest BCUT2D eigenvalue weighted by atomic mass is 10.1. The number of unbranched alkanes of at least 4 members (excludes halogenated alkanes) is 1. The van der Waals surface area contributed by atoms with E-state index in [-0.39, 0.29) is 21.6 Å². The summed E-state index contributed by atoms with van der Waals surface area (Å²) in [6, 6.07) is 5.03. The Morgan fingerprint density at radius 3 is 2.69 bits per heavy atom. The van der Waals surface area contributed by atoms with Gasteiger partial charge >= 0.3 is 5.00 Å². The number of nitro groups is 1. The zero-order chi connectivity index (χ0) is 19.1. The summed E-state index contributed by atoms with van der Waals surface area (Å²) in [5.74, 6) is -0.826. The molecule has 9 nitrogen and oxygen atoms in total. The highest BCUT2D eigenvalue weighted by atomic mass is 32.1. The number of carbonyl (C=O) groups excluding carboxylic acids is 2. The Morgan fingerprint density at radius 1 is 1.31 bits per heavy atom. The Labute approximate surface area is 154 Å². The molecule has 0 aliphatic heterocycles. The number of nitrogens with zero attached hydrogens (tertiary/aromatic N) is 2. The van der Waals surface area contributed by atoms with Crippen LogP contribution in [0.2, 0.25) is 0 Å². The fraction of sp³-hybridized carbons (Fsp3) is 0.312. The molecule has 0 radical (unpaired) electrons. The third-order valence-corrected chi connectivity index (χ3v) is 4.19. The fourth-order valence-corrected chi connectivity index (χ4v) is 2.75. The summed E-state index contributed by atoms with van der Waals surface area (Å²) < 4.78 is 0. The molecule has 26 heavy (non-hydrogen) atoms. The maximum absolute atomic E-state index is 12.6. The summed E-state index contributed by atoms with van der Waals surface area (Å²) in [5.41, 5.74) is 1.32. The van der Waals surface area contributed by atoms with E-state index in [1.807, 2.05) is 0 Å². The normalized spacial score (nSPS) is 10.2. The number of nitrogens with one attached hydrogen (secondary N) is 3. The molecule has 0 atom stereocenters. The van der Waals surface area contributed by atoms with Gasteiger partial charge in [-0.2, -0.15) is 0 Å². The SMILES string of the molecule is CCCCNc1ccc(NC(C)=O)c(C(=O)Nc2ncc([N+](=O)[O-])s2)c1. The van der Waals surface area contributed by atoms with Crippen LogP contribution in [0.15, 0.2) is 24.4 Å². The van der Waals surface area contributed by atoms with Gasteiger partial charge in [0.25, 0.3) is 5.91 Å². The van der Waals surface area contributed by atoms with Crippen LogP contribution in [0.25, 0.3) is 0 Å². The van der Waals surface area contributed by atoms with Gasteiger partial charge in [-0.3, -0.25) is 25.0 Å². The largest absolute Gasteiger partial charge is 0.385 e. The van der Waals surface area contributed by atoms with Crippen LogP contribution in [0.3, 0.4) is 0 Å². The molecule has 0 spiro atoms. The van der Waals surface area contributed by atoms with Gasteiger partial charge in [-0.1, -0.05) is 13.3 Å². The minimum Gasteiger partial charge on any atom is -0.385 e. The molecule has 138 valence electrons. The van der Waals surface area contributed by atoms with Crippen LogP contribution < -0.4 is 16.0 Å². The number of thiazole rings is 1. The quantitative estimate of drug-likeness (QED) is 0.367. The third kappa shape index (κ3) is 5.24. The van der Waals surface area contributed by atoms with Gasteiger partial charge in [0.05, 0.1) is 16.2 Å². The number of anilines is 3. The highest BCUT2D eigenvalue weighted by Crippen LogP contribution is 2.27. The average Bonchev–Trinajstić information content (AvgIpc) is 3.04. The van der Waals surface area contributed by atoms with E-state index in [1.165, 1.54) is 6.92 Å². The Hall–Kier alpha value is -3.01. The van der Waals surface area contributed by atoms with Crippen molar-refractivity contribution in [2.24, 2.45) is 0 Å². The predicted molar refractivity (Wildman–Crippen MR) is 101 cm³/mol. The smallest absolute Gasteiger partial charge is 0.345 e. The first-order valence-corrected chi connectivity index (χ1v) is 8.79. The monoisotopic (exact) mass is 377 g/mol. The lowest BCUT2D eigenvalue weighted by molar-refractivity contribution is -0.380. The molecule has 10 heteroatoms. The lowest BCUT2D eigenvalue weighted by Gasteiger charge is -2.13. The van der Waals surface area contributed by atoms with Crippen LogP contribution in [0.5, 0.6) is 0 Å². The number of rotatable bonds is 8. The maximum Gasteiger partial charge on any atom is 0.345 e. The number of hydrogen-bond acceptors (Lipinski definition) is 7. The second-order valence-corrected chi connectivity index (χ2v) is 6.45. The van der Waals surface area contributed by atoms with Crippen molar-refractivity contribution in [2.45, 2.75) is 26.7 Å². The Balaban J connectivity index is 2.23. The van der Waals surface area contributed by atoms with Crippen LogP contribution in [-0.4, -0.2) is 28.3 Å². The zero-order valence-electron chi connectivity index (χ0n) is 14.4. The zero-order valence-corrected chi connectivity index (χ0v) is 15.2. The standard InChI is InChI=1S/C16H19N5O4S/c1-3-4-7-17-11-5-6-13(19-10(2)22)12(8-11)15(23)20-16-18-9-14(26-16)21(24)25/h5-6,8-9,17H,3-4,7H2,1-2H3,(H,19,22)(H,18,20,23). The summed E-state index contributed by atoms with van der Waals surface area (Å²) in [4.78, 5) is 37.9. The molecule has 0 aliphatic carbocycles. The van der Waals surface area contributed by atoms with Crippen molar-refractivity contribution in [1.29, 1.82) is 0 Å². The number of amides is 2. The molecular weight excluding hydrogens is 358 g/mol. The number of aromatic nitrogens is 1. The van der Waals surface area contributed by atoms with E-state index in [0.29, 0.717) is 5.69 Å². The second-order valence-electron chi connectivity index (χ2n) is 5.44. The molecular formula is C16H19N5O4S. The first kappa shape index (κ1) is 19.3. The molecule has 0 saturated heterocycles. The van der Waals surface area contributed by atoms with E-state index >= 15 is 0 Å². The first-order valence-electron chi connectivity index (χ1n) is 7.97. The summed E-state index contributed by atoms with van der Waals surface area (Å²) in [7, 11) is 0. The van der Waals surface area contributed by atoms with E-state index in [1.54, 1.807) is 18.2 Å². The van der Waals surface area contributed by atoms with Crippen molar-refractivity contribution in [3.05, 3.63) is 40.1 Å². The van der Waals surface area contributed by atoms with Gasteiger partial charge in [0, 0.05) is 19.2 Å². The average molecular weight is 377 g/mol. The molecule has 1 aromatic carbocycles. The van der Waals surface area contributed by atoms with Gasteiger partial charge in [-0.05, 0) is 36.0 Å². The van der Waals surface area contributed by atoms with Gasteiger partial charge in [-0.15, -0.1) is 0 Å². The van der Waals surface area contributed by atoms with Crippen molar-refractivity contribution in [3.63, 3.8) is 0 Å². The molecule has 3 N–H and O–H groups in total. The second kappa shape index (κ2) is 8.90. The molecule has 0 saturated carbocycles. The van der Waals surface area contributed by atoms with Crippen LogP contribution in [-0.2, 0) is 4.79 Å². The van der Waals surface area contributed by atoms with Crippen LogP contribution >= 0.6 is 11.3 Å². The van der Waals surface area contributed by atoms with Gasteiger partial charge in [0.15, 0.2) is 5.13 Å². The van der Waals surface area contributed by atoms with Crippen molar-refractivity contribution >= 4 is 44.7 Å². The van der Waals surface area contributed by atoms with Crippen LogP contribution in [0, 0.1) is 10.1 Å². The van der Waals surface area contributed by atoms with E-state index in [2.05, 4.69) is 27.9 Å². The highest BCUT2D eigenvalue weighted by molar-refractivity contribution is 7.18. The van der Waals surface area contributed by atoms with Crippen molar-refractivity contribution in [2.75, 3.05) is 22.5 Å². The van der Waals surface area contributed by atoms with Gasteiger partial charge in [-0.25, -0.2) is 4.98 Å². The summed E-state index contributed by atoms with van der Waals surface area (Å²) in [5, 5.41) is 19.0. The molecule has 0 fully saturated rings. The minimum absolute atomic E-state index is 0.111. The molecule has 1 heterocycles. The van der Waals surface area contributed by atoms with Gasteiger partial charge in [0.1, 0.15) is 6.20 Å². The summed E-state index contributed by atoms with van der Waals surface area (Å²) >= 11 is 0.760. The van der Waals surface area contributed by atoms with Crippen molar-refractivity contribution in [3.8, 4) is 0 Å². The van der Waals surface area contributed by atoms with E-state index < -0.39 is 10.8 Å². The topological polar surface area (TPSA) is 126 Å². The third-order valence-electron chi connectivity index (χ3n) is 3.33. The fourth-order valence-electron chi connectivity index (χ4n) is 2.12. The first-order chi connectivity index (χ1) is 12.4. The van der Waals surface area contributed by atoms with Crippen molar-refractivity contribution < 1.29 is 14.5 Å². The molecule has 1 aromatic heterocycles. The highest BCUT2D eigenvalue weighted by Gasteiger charge is 2.17. The van der Waals surface area contributed by atoms with E-state index in [0.717, 1.165) is 42.6 Å². The maximum atomic E-state index is 12.6. The number of carbonyl (C=O) groups is 2. The number of benzene rings is 1. The van der Waals surface area contributed by atoms with Crippen LogP contribution in [0.1, 0.15) is 37.0 Å². The molecule has 2 aromatic rings. The predicted octanol–water partition coefficient (Wildman–Crippen LogP) is 3.47.